The summed E-state index contributed by atoms with van der Waals surface area (Å²) in [5.41, 5.74) is 3.06. The standard InChI is InChI=1S/C13H14N4O/c1-14-7-10-6-11(18-9-10)8-17-13-5-3-2-4-12(13)15-16-17/h2-6,9,14H,7-8H2,1H3. The minimum absolute atomic E-state index is 0.601. The van der Waals surface area contributed by atoms with Crippen LogP contribution in [0.5, 0.6) is 0 Å². The van der Waals surface area contributed by atoms with Crippen LogP contribution in [-0.4, -0.2) is 22.0 Å². The van der Waals surface area contributed by atoms with Crippen molar-refractivity contribution >= 4 is 11.0 Å². The lowest BCUT2D eigenvalue weighted by Crippen LogP contribution is -2.04. The largest absolute Gasteiger partial charge is 0.467 e. The molecule has 0 atom stereocenters. The van der Waals surface area contributed by atoms with Gasteiger partial charge < -0.3 is 9.73 Å². The molecule has 18 heavy (non-hydrogen) atoms. The van der Waals surface area contributed by atoms with Crippen LogP contribution in [0.15, 0.2) is 41.0 Å². The summed E-state index contributed by atoms with van der Waals surface area (Å²) >= 11 is 0. The third kappa shape index (κ3) is 2.00. The number of hydrogen-bond acceptors (Lipinski definition) is 4. The Morgan fingerprint density at radius 3 is 3.11 bits per heavy atom. The SMILES string of the molecule is CNCc1coc(Cn2nnc3ccccc32)c1. The van der Waals surface area contributed by atoms with Crippen LogP contribution in [0.3, 0.4) is 0 Å². The molecule has 0 saturated heterocycles. The molecule has 0 aliphatic heterocycles. The molecule has 3 rings (SSSR count). The molecule has 0 amide bonds. The molecule has 0 unspecified atom stereocenters. The monoisotopic (exact) mass is 242 g/mol. The number of para-hydroxylation sites is 1. The lowest BCUT2D eigenvalue weighted by atomic mass is 10.3. The van der Waals surface area contributed by atoms with Crippen LogP contribution < -0.4 is 5.32 Å². The zero-order chi connectivity index (χ0) is 12.4. The van der Waals surface area contributed by atoms with Gasteiger partial charge in [0, 0.05) is 12.1 Å². The Morgan fingerprint density at radius 2 is 2.22 bits per heavy atom. The molecule has 0 spiro atoms. The predicted molar refractivity (Wildman–Crippen MR) is 68.1 cm³/mol. The molecule has 5 heteroatoms. The Hall–Kier alpha value is -2.14. The molecule has 0 aliphatic carbocycles. The highest BCUT2D eigenvalue weighted by Crippen LogP contribution is 2.14. The van der Waals surface area contributed by atoms with Gasteiger partial charge in [0.25, 0.3) is 0 Å². The molecule has 0 radical (unpaired) electrons. The van der Waals surface area contributed by atoms with Crippen molar-refractivity contribution in [3.63, 3.8) is 0 Å². The van der Waals surface area contributed by atoms with Crippen molar-refractivity contribution in [1.29, 1.82) is 0 Å². The van der Waals surface area contributed by atoms with Crippen LogP contribution in [0.2, 0.25) is 0 Å². The number of hydrogen-bond donors (Lipinski definition) is 1. The normalized spacial score (nSPS) is 11.2. The number of nitrogens with zero attached hydrogens (tertiary/aromatic N) is 3. The molecule has 0 fully saturated rings. The first-order valence-electron chi connectivity index (χ1n) is 5.86. The zero-order valence-corrected chi connectivity index (χ0v) is 10.1. The van der Waals surface area contributed by atoms with Gasteiger partial charge >= 0.3 is 0 Å². The van der Waals surface area contributed by atoms with Gasteiger partial charge in [-0.05, 0) is 25.2 Å². The molecular formula is C13H14N4O. The third-order valence-corrected chi connectivity index (χ3v) is 2.81. The van der Waals surface area contributed by atoms with Crippen molar-refractivity contribution in [2.75, 3.05) is 7.05 Å². The van der Waals surface area contributed by atoms with Crippen molar-refractivity contribution in [3.8, 4) is 0 Å². The van der Waals surface area contributed by atoms with Gasteiger partial charge in [-0.1, -0.05) is 17.3 Å². The maximum absolute atomic E-state index is 5.51. The first kappa shape index (κ1) is 11.0. The summed E-state index contributed by atoms with van der Waals surface area (Å²) in [6.07, 6.45) is 1.77. The van der Waals surface area contributed by atoms with Crippen LogP contribution in [0.1, 0.15) is 11.3 Å². The summed E-state index contributed by atoms with van der Waals surface area (Å²) in [4.78, 5) is 0. The highest BCUT2D eigenvalue weighted by Gasteiger charge is 2.07. The molecule has 1 aromatic carbocycles. The lowest BCUT2D eigenvalue weighted by molar-refractivity contribution is 0.478. The second-order valence-corrected chi connectivity index (χ2v) is 4.19. The summed E-state index contributed by atoms with van der Waals surface area (Å²) < 4.78 is 7.36. The van der Waals surface area contributed by atoms with Gasteiger partial charge in [-0.3, -0.25) is 0 Å². The van der Waals surface area contributed by atoms with Gasteiger partial charge in [-0.15, -0.1) is 5.10 Å². The number of benzene rings is 1. The zero-order valence-electron chi connectivity index (χ0n) is 10.1. The fraction of sp³-hybridized carbons (Fsp3) is 0.231. The molecule has 92 valence electrons. The number of rotatable bonds is 4. The minimum Gasteiger partial charge on any atom is -0.467 e. The van der Waals surface area contributed by atoms with E-state index in [4.69, 9.17) is 4.42 Å². The molecule has 0 saturated carbocycles. The Labute approximate surface area is 104 Å². The number of aromatic nitrogens is 3. The summed E-state index contributed by atoms with van der Waals surface area (Å²) in [5, 5.41) is 11.3. The van der Waals surface area contributed by atoms with E-state index in [2.05, 4.69) is 15.6 Å². The van der Waals surface area contributed by atoms with E-state index in [9.17, 15) is 0 Å². The van der Waals surface area contributed by atoms with Crippen LogP contribution in [0.4, 0.5) is 0 Å². The van der Waals surface area contributed by atoms with E-state index in [1.165, 1.54) is 0 Å². The van der Waals surface area contributed by atoms with E-state index in [0.29, 0.717) is 6.54 Å². The fourth-order valence-corrected chi connectivity index (χ4v) is 1.99. The average Bonchev–Trinajstić information content (AvgIpc) is 2.99. The summed E-state index contributed by atoms with van der Waals surface area (Å²) in [6, 6.07) is 9.93. The minimum atomic E-state index is 0.601. The van der Waals surface area contributed by atoms with E-state index >= 15 is 0 Å². The first-order chi connectivity index (χ1) is 8.86. The van der Waals surface area contributed by atoms with Crippen molar-refractivity contribution in [2.45, 2.75) is 13.1 Å². The smallest absolute Gasteiger partial charge is 0.125 e. The third-order valence-electron chi connectivity index (χ3n) is 2.81. The van der Waals surface area contributed by atoms with Gasteiger partial charge in [0.1, 0.15) is 17.8 Å². The van der Waals surface area contributed by atoms with Gasteiger partial charge in [0.15, 0.2) is 0 Å². The number of furan rings is 1. The number of fused-ring (bicyclic) bond motifs is 1. The molecular weight excluding hydrogens is 228 g/mol. The first-order valence-corrected chi connectivity index (χ1v) is 5.86. The van der Waals surface area contributed by atoms with Crippen molar-refractivity contribution < 1.29 is 4.42 Å². The van der Waals surface area contributed by atoms with Gasteiger partial charge in [0.2, 0.25) is 0 Å². The molecule has 2 aromatic heterocycles. The highest BCUT2D eigenvalue weighted by atomic mass is 16.3. The quantitative estimate of drug-likeness (QED) is 0.757. The van der Waals surface area contributed by atoms with Crippen LogP contribution in [0.25, 0.3) is 11.0 Å². The topological polar surface area (TPSA) is 55.9 Å². The molecule has 5 nitrogen and oxygen atoms in total. The molecule has 0 aliphatic rings. The van der Waals surface area contributed by atoms with E-state index < -0.39 is 0 Å². The van der Waals surface area contributed by atoms with Gasteiger partial charge in [-0.2, -0.15) is 0 Å². The maximum atomic E-state index is 5.51. The van der Waals surface area contributed by atoms with E-state index in [0.717, 1.165) is 28.9 Å². The highest BCUT2D eigenvalue weighted by molar-refractivity contribution is 5.73. The van der Waals surface area contributed by atoms with Crippen LogP contribution in [0, 0.1) is 0 Å². The summed E-state index contributed by atoms with van der Waals surface area (Å²) in [6.45, 7) is 1.41. The Morgan fingerprint density at radius 1 is 1.33 bits per heavy atom. The molecule has 2 heterocycles. The predicted octanol–water partition coefficient (Wildman–Crippen LogP) is 1.79. The van der Waals surface area contributed by atoms with Crippen LogP contribution >= 0.6 is 0 Å². The summed E-state index contributed by atoms with van der Waals surface area (Å²) in [5.74, 6) is 0.885. The second kappa shape index (κ2) is 4.62. The van der Waals surface area contributed by atoms with E-state index in [1.807, 2.05) is 42.1 Å². The van der Waals surface area contributed by atoms with Crippen LogP contribution in [-0.2, 0) is 13.1 Å². The Kier molecular flexibility index (Phi) is 2.82. The number of nitrogens with one attached hydrogen (secondary N) is 1. The Bertz CT molecular complexity index is 656. The summed E-state index contributed by atoms with van der Waals surface area (Å²) in [7, 11) is 1.91. The van der Waals surface area contributed by atoms with Crippen molar-refractivity contribution in [1.82, 2.24) is 20.3 Å². The van der Waals surface area contributed by atoms with Crippen molar-refractivity contribution in [3.05, 3.63) is 47.9 Å². The average molecular weight is 242 g/mol. The molecule has 1 N–H and O–H groups in total. The van der Waals surface area contributed by atoms with Gasteiger partial charge in [-0.25, -0.2) is 4.68 Å². The maximum Gasteiger partial charge on any atom is 0.125 e. The van der Waals surface area contributed by atoms with Gasteiger partial charge in [0.05, 0.1) is 11.8 Å². The lowest BCUT2D eigenvalue weighted by Gasteiger charge is -1.98. The molecule has 0 bridgehead atoms. The van der Waals surface area contributed by atoms with Crippen molar-refractivity contribution in [2.24, 2.45) is 0 Å². The van der Waals surface area contributed by atoms with E-state index in [1.54, 1.807) is 6.26 Å². The fourth-order valence-electron chi connectivity index (χ4n) is 1.99. The van der Waals surface area contributed by atoms with E-state index in [-0.39, 0.29) is 0 Å². The second-order valence-electron chi connectivity index (χ2n) is 4.19. The molecule has 3 aromatic rings. The Balaban J connectivity index is 1.87.